The van der Waals surface area contributed by atoms with Crippen molar-refractivity contribution in [1.82, 2.24) is 9.88 Å². The standard InChI is InChI=1S/C20H24FN3O/c1-22-19-13-16(10-11-23-19)17-3-2-12-24(14-17)20(25)9-6-15-4-7-18(21)8-5-15/h4-5,7-8,10-11,13,17H,2-3,6,9,12,14H2,1H3,(H,22,23)/t17-/m0/s1. The van der Waals surface area contributed by atoms with Crippen molar-refractivity contribution in [3.05, 3.63) is 59.5 Å². The van der Waals surface area contributed by atoms with E-state index in [0.29, 0.717) is 18.8 Å². The molecule has 1 aliphatic rings. The van der Waals surface area contributed by atoms with Crippen molar-refractivity contribution in [1.29, 1.82) is 0 Å². The Morgan fingerprint density at radius 1 is 1.32 bits per heavy atom. The summed E-state index contributed by atoms with van der Waals surface area (Å²) >= 11 is 0. The molecule has 132 valence electrons. The average Bonchev–Trinajstić information content (AvgIpc) is 2.67. The quantitative estimate of drug-likeness (QED) is 0.904. The SMILES string of the molecule is CNc1cc([C@H]2CCCN(C(=O)CCc3ccc(F)cc3)C2)ccn1. The first kappa shape index (κ1) is 17.4. The van der Waals surface area contributed by atoms with Crippen molar-refractivity contribution in [2.24, 2.45) is 0 Å². The number of benzene rings is 1. The molecule has 0 radical (unpaired) electrons. The Kier molecular flexibility index (Phi) is 5.64. The molecular formula is C20H24FN3O. The molecule has 0 bridgehead atoms. The molecule has 25 heavy (non-hydrogen) atoms. The topological polar surface area (TPSA) is 45.2 Å². The number of amides is 1. The number of hydrogen-bond donors (Lipinski definition) is 1. The zero-order valence-electron chi connectivity index (χ0n) is 14.5. The van der Waals surface area contributed by atoms with Crippen LogP contribution in [0.2, 0.25) is 0 Å². The van der Waals surface area contributed by atoms with Crippen molar-refractivity contribution in [2.75, 3.05) is 25.5 Å². The summed E-state index contributed by atoms with van der Waals surface area (Å²) in [5.41, 5.74) is 2.23. The number of anilines is 1. The van der Waals surface area contributed by atoms with Crippen LogP contribution in [0.5, 0.6) is 0 Å². The van der Waals surface area contributed by atoms with E-state index in [1.54, 1.807) is 12.1 Å². The van der Waals surface area contributed by atoms with E-state index in [4.69, 9.17) is 0 Å². The lowest BCUT2D eigenvalue weighted by Gasteiger charge is -2.33. The lowest BCUT2D eigenvalue weighted by molar-refractivity contribution is -0.132. The second-order valence-corrected chi connectivity index (χ2v) is 6.53. The van der Waals surface area contributed by atoms with Gasteiger partial charge in [-0.15, -0.1) is 0 Å². The minimum absolute atomic E-state index is 0.178. The van der Waals surface area contributed by atoms with E-state index in [2.05, 4.69) is 16.4 Å². The summed E-state index contributed by atoms with van der Waals surface area (Å²) in [5.74, 6) is 1.15. The Hall–Kier alpha value is -2.43. The van der Waals surface area contributed by atoms with Gasteiger partial charge >= 0.3 is 0 Å². The molecule has 4 nitrogen and oxygen atoms in total. The molecule has 3 rings (SSSR count). The van der Waals surface area contributed by atoms with E-state index >= 15 is 0 Å². The Morgan fingerprint density at radius 2 is 2.12 bits per heavy atom. The van der Waals surface area contributed by atoms with Crippen LogP contribution in [0.25, 0.3) is 0 Å². The summed E-state index contributed by atoms with van der Waals surface area (Å²) in [6.45, 7) is 1.58. The van der Waals surface area contributed by atoms with Crippen LogP contribution < -0.4 is 5.32 Å². The molecule has 1 aromatic heterocycles. The number of aromatic nitrogens is 1. The van der Waals surface area contributed by atoms with Crippen molar-refractivity contribution in [3.63, 3.8) is 0 Å². The average molecular weight is 341 g/mol. The van der Waals surface area contributed by atoms with Crippen LogP contribution in [0.3, 0.4) is 0 Å². The van der Waals surface area contributed by atoms with Gasteiger partial charge in [-0.25, -0.2) is 9.37 Å². The van der Waals surface area contributed by atoms with Crippen molar-refractivity contribution >= 4 is 11.7 Å². The highest BCUT2D eigenvalue weighted by Crippen LogP contribution is 2.28. The van der Waals surface area contributed by atoms with Gasteiger partial charge in [0.05, 0.1) is 0 Å². The third-order valence-corrected chi connectivity index (χ3v) is 4.83. The Balaban J connectivity index is 1.58. The molecular weight excluding hydrogens is 317 g/mol. The van der Waals surface area contributed by atoms with Crippen LogP contribution in [0.1, 0.15) is 36.3 Å². The molecule has 0 saturated carbocycles. The maximum absolute atomic E-state index is 13.0. The van der Waals surface area contributed by atoms with Gasteiger partial charge in [0.2, 0.25) is 5.91 Å². The van der Waals surface area contributed by atoms with Crippen molar-refractivity contribution in [3.8, 4) is 0 Å². The number of likely N-dealkylation sites (tertiary alicyclic amines) is 1. The summed E-state index contributed by atoms with van der Waals surface area (Å²) in [7, 11) is 1.86. The van der Waals surface area contributed by atoms with E-state index in [1.165, 1.54) is 17.7 Å². The van der Waals surface area contributed by atoms with E-state index in [-0.39, 0.29) is 11.7 Å². The monoisotopic (exact) mass is 341 g/mol. The number of carbonyl (C=O) groups is 1. The third-order valence-electron chi connectivity index (χ3n) is 4.83. The highest BCUT2D eigenvalue weighted by atomic mass is 19.1. The van der Waals surface area contributed by atoms with Gasteiger partial charge in [-0.3, -0.25) is 4.79 Å². The van der Waals surface area contributed by atoms with Crippen LogP contribution in [-0.4, -0.2) is 35.9 Å². The maximum atomic E-state index is 13.0. The predicted octanol–water partition coefficient (Wildman–Crippen LogP) is 3.60. The van der Waals surface area contributed by atoms with Crippen LogP contribution in [-0.2, 0) is 11.2 Å². The number of halogens is 1. The number of pyridine rings is 1. The van der Waals surface area contributed by atoms with Gasteiger partial charge < -0.3 is 10.2 Å². The molecule has 1 amide bonds. The van der Waals surface area contributed by atoms with E-state index < -0.39 is 0 Å². The summed E-state index contributed by atoms with van der Waals surface area (Å²) in [6.07, 6.45) is 5.05. The Morgan fingerprint density at radius 3 is 2.88 bits per heavy atom. The highest BCUT2D eigenvalue weighted by molar-refractivity contribution is 5.76. The highest BCUT2D eigenvalue weighted by Gasteiger charge is 2.24. The van der Waals surface area contributed by atoms with E-state index in [0.717, 1.165) is 37.3 Å². The fourth-order valence-corrected chi connectivity index (χ4v) is 3.37. The number of nitrogens with zero attached hydrogens (tertiary/aromatic N) is 2. The Bertz CT molecular complexity index is 717. The van der Waals surface area contributed by atoms with Crippen LogP contribution >= 0.6 is 0 Å². The van der Waals surface area contributed by atoms with Gasteiger partial charge in [-0.2, -0.15) is 0 Å². The molecule has 2 heterocycles. The molecule has 1 aromatic carbocycles. The van der Waals surface area contributed by atoms with Gasteiger partial charge in [-0.05, 0) is 54.7 Å². The number of aryl methyl sites for hydroxylation is 1. The lowest BCUT2D eigenvalue weighted by atomic mass is 9.91. The van der Waals surface area contributed by atoms with Crippen molar-refractivity contribution < 1.29 is 9.18 Å². The molecule has 1 saturated heterocycles. The van der Waals surface area contributed by atoms with Gasteiger partial charge in [0.25, 0.3) is 0 Å². The summed E-state index contributed by atoms with van der Waals surface area (Å²) in [6, 6.07) is 10.5. The van der Waals surface area contributed by atoms with Gasteiger partial charge in [0, 0.05) is 38.7 Å². The van der Waals surface area contributed by atoms with E-state index in [1.807, 2.05) is 24.2 Å². The zero-order chi connectivity index (χ0) is 17.6. The molecule has 0 aliphatic carbocycles. The van der Waals surface area contributed by atoms with Gasteiger partial charge in [0.1, 0.15) is 11.6 Å². The molecule has 0 unspecified atom stereocenters. The number of hydrogen-bond acceptors (Lipinski definition) is 3. The largest absolute Gasteiger partial charge is 0.373 e. The predicted molar refractivity (Wildman–Crippen MR) is 97.1 cm³/mol. The van der Waals surface area contributed by atoms with Crippen molar-refractivity contribution in [2.45, 2.75) is 31.6 Å². The first-order valence-corrected chi connectivity index (χ1v) is 8.81. The maximum Gasteiger partial charge on any atom is 0.222 e. The minimum atomic E-state index is -0.243. The lowest BCUT2D eigenvalue weighted by Crippen LogP contribution is -2.39. The first-order valence-electron chi connectivity index (χ1n) is 8.81. The molecule has 1 atom stereocenters. The molecule has 1 N–H and O–H groups in total. The van der Waals surface area contributed by atoms with Crippen LogP contribution in [0.15, 0.2) is 42.6 Å². The molecule has 1 aliphatic heterocycles. The normalized spacial score (nSPS) is 17.4. The fourth-order valence-electron chi connectivity index (χ4n) is 3.37. The second kappa shape index (κ2) is 8.10. The summed E-state index contributed by atoms with van der Waals surface area (Å²) in [4.78, 5) is 18.8. The fraction of sp³-hybridized carbons (Fsp3) is 0.400. The van der Waals surface area contributed by atoms with Gasteiger partial charge in [-0.1, -0.05) is 12.1 Å². The van der Waals surface area contributed by atoms with Gasteiger partial charge in [0.15, 0.2) is 0 Å². The third kappa shape index (κ3) is 4.56. The second-order valence-electron chi connectivity index (χ2n) is 6.53. The molecule has 1 fully saturated rings. The Labute approximate surface area is 148 Å². The number of piperidine rings is 1. The van der Waals surface area contributed by atoms with Crippen LogP contribution in [0.4, 0.5) is 10.2 Å². The zero-order valence-corrected chi connectivity index (χ0v) is 14.5. The first-order chi connectivity index (χ1) is 12.2. The number of nitrogens with one attached hydrogen (secondary N) is 1. The van der Waals surface area contributed by atoms with E-state index in [9.17, 15) is 9.18 Å². The minimum Gasteiger partial charge on any atom is -0.373 e. The summed E-state index contributed by atoms with van der Waals surface area (Å²) in [5, 5.41) is 3.06. The molecule has 0 spiro atoms. The molecule has 5 heteroatoms. The number of carbonyl (C=O) groups excluding carboxylic acids is 1. The van der Waals surface area contributed by atoms with Crippen LogP contribution in [0, 0.1) is 5.82 Å². The number of rotatable bonds is 5. The summed E-state index contributed by atoms with van der Waals surface area (Å²) < 4.78 is 13.0. The smallest absolute Gasteiger partial charge is 0.222 e. The molecule has 2 aromatic rings.